The number of aromatic nitrogens is 2. The minimum absolute atomic E-state index is 0.0848. The van der Waals surface area contributed by atoms with Crippen LogP contribution in [0.5, 0.6) is 0 Å². The Bertz CT molecular complexity index is 749. The van der Waals surface area contributed by atoms with Gasteiger partial charge in [0.1, 0.15) is 0 Å². The summed E-state index contributed by atoms with van der Waals surface area (Å²) in [5.41, 5.74) is 1.13. The van der Waals surface area contributed by atoms with Gasteiger partial charge in [-0.2, -0.15) is 0 Å². The van der Waals surface area contributed by atoms with Gasteiger partial charge in [0, 0.05) is 0 Å². The fourth-order valence-corrected chi connectivity index (χ4v) is 7.48. The second kappa shape index (κ2) is 6.63. The van der Waals surface area contributed by atoms with E-state index < -0.39 is 13.6 Å². The summed E-state index contributed by atoms with van der Waals surface area (Å²) >= 11 is 0. The molecule has 0 unspecified atom stereocenters. The maximum atomic E-state index is 13.1. The summed E-state index contributed by atoms with van der Waals surface area (Å²) < 4.78 is 0. The van der Waals surface area contributed by atoms with Crippen LogP contribution in [0.1, 0.15) is 44.4 Å². The SMILES string of the molecule is CC1(C)c2[nH]nc(NC(=O)C3([SiH-](C)(C)C)CCC3)c2CN1C(=O)NCCO. The van der Waals surface area contributed by atoms with Gasteiger partial charge in [0.05, 0.1) is 0 Å². The molecule has 0 saturated heterocycles. The zero-order valence-corrected chi connectivity index (χ0v) is 18.1. The van der Waals surface area contributed by atoms with E-state index in [1.165, 1.54) is 0 Å². The zero-order valence-electron chi connectivity index (χ0n) is 17.0. The topological polar surface area (TPSA) is 110 Å². The molecule has 8 nitrogen and oxygen atoms in total. The predicted octanol–water partition coefficient (Wildman–Crippen LogP) is 2.10. The van der Waals surface area contributed by atoms with E-state index in [9.17, 15) is 9.59 Å². The first-order chi connectivity index (χ1) is 12.5. The fourth-order valence-electron chi connectivity index (χ4n) is 4.48. The number of H-pyrrole nitrogens is 1. The second-order valence-electron chi connectivity index (χ2n) is 9.59. The van der Waals surface area contributed by atoms with E-state index in [0.717, 1.165) is 30.5 Å². The average molecular weight is 395 g/mol. The summed E-state index contributed by atoms with van der Waals surface area (Å²) in [4.78, 5) is 27.3. The molecule has 1 fully saturated rings. The monoisotopic (exact) mass is 394 g/mol. The normalized spacial score (nSPS) is 20.6. The first kappa shape index (κ1) is 19.9. The number of urea groups is 1. The number of carbonyl (C=O) groups is 2. The van der Waals surface area contributed by atoms with Gasteiger partial charge in [-0.15, -0.1) is 0 Å². The Hall–Kier alpha value is -1.87. The second-order valence-corrected chi connectivity index (χ2v) is 15.9. The number of fused-ring (bicyclic) bond motifs is 1. The molecule has 0 radical (unpaired) electrons. The standard InChI is InChI=1S/C18H32N5O3Si/c1-17(2)13-12(11-23(17)16(26)19-9-10-24)14(22-21-13)20-15(25)18(7-6-8-18)27(3,4)5/h24,27H,6-11H2,1-5H3,(H,19,26)(H2,20,21,22,25)/q-1. The van der Waals surface area contributed by atoms with Crippen molar-refractivity contribution in [3.8, 4) is 0 Å². The third kappa shape index (κ3) is 3.06. The van der Waals surface area contributed by atoms with Gasteiger partial charge in [-0.05, 0) is 0 Å². The van der Waals surface area contributed by atoms with E-state index in [-0.39, 0.29) is 30.1 Å². The van der Waals surface area contributed by atoms with Gasteiger partial charge < -0.3 is 0 Å². The van der Waals surface area contributed by atoms with Crippen LogP contribution < -0.4 is 10.6 Å². The number of aliphatic hydroxyl groups is 1. The molecular weight excluding hydrogens is 362 g/mol. The van der Waals surface area contributed by atoms with Gasteiger partial charge in [0.25, 0.3) is 0 Å². The van der Waals surface area contributed by atoms with Gasteiger partial charge in [-0.3, -0.25) is 0 Å². The van der Waals surface area contributed by atoms with Crippen molar-refractivity contribution < 1.29 is 14.7 Å². The first-order valence-corrected chi connectivity index (χ1v) is 13.9. The van der Waals surface area contributed by atoms with Crippen LogP contribution in [0.15, 0.2) is 0 Å². The van der Waals surface area contributed by atoms with E-state index >= 15 is 0 Å². The van der Waals surface area contributed by atoms with Crippen molar-refractivity contribution in [2.24, 2.45) is 0 Å². The Kier molecular flexibility index (Phi) is 4.88. The van der Waals surface area contributed by atoms with Crippen molar-refractivity contribution in [3.05, 3.63) is 11.3 Å². The molecule has 2 aliphatic rings. The Morgan fingerprint density at radius 2 is 1.96 bits per heavy atom. The average Bonchev–Trinajstić information content (AvgIpc) is 3.01. The summed E-state index contributed by atoms with van der Waals surface area (Å²) in [6, 6.07) is -0.241. The van der Waals surface area contributed by atoms with Gasteiger partial charge >= 0.3 is 161 Å². The third-order valence-electron chi connectivity index (χ3n) is 6.69. The van der Waals surface area contributed by atoms with Crippen molar-refractivity contribution in [3.63, 3.8) is 0 Å². The Labute approximate surface area is 161 Å². The predicted molar refractivity (Wildman–Crippen MR) is 108 cm³/mol. The number of rotatable bonds is 5. The number of aromatic amines is 1. The zero-order chi connectivity index (χ0) is 20.0. The molecule has 27 heavy (non-hydrogen) atoms. The third-order valence-corrected chi connectivity index (χ3v) is 10.8. The maximum absolute atomic E-state index is 13.1. The van der Waals surface area contributed by atoms with Crippen LogP contribution in [-0.2, 0) is 16.9 Å². The van der Waals surface area contributed by atoms with E-state index in [2.05, 4.69) is 40.5 Å². The molecule has 1 aliphatic carbocycles. The van der Waals surface area contributed by atoms with Crippen LogP contribution in [0.4, 0.5) is 10.6 Å². The number of hydrogen-bond acceptors (Lipinski definition) is 4. The van der Waals surface area contributed by atoms with Crippen molar-refractivity contribution >= 4 is 25.8 Å². The van der Waals surface area contributed by atoms with Crippen molar-refractivity contribution in [2.75, 3.05) is 18.5 Å². The summed E-state index contributed by atoms with van der Waals surface area (Å²) in [5, 5.41) is 21.9. The number of nitrogens with zero attached hydrogens (tertiary/aromatic N) is 2. The van der Waals surface area contributed by atoms with Crippen LogP contribution in [-0.4, -0.2) is 53.4 Å². The number of hydrogen-bond donors (Lipinski definition) is 4. The van der Waals surface area contributed by atoms with Crippen LogP contribution in [0.2, 0.25) is 24.7 Å². The molecule has 1 aliphatic heterocycles. The van der Waals surface area contributed by atoms with Crippen molar-refractivity contribution in [1.82, 2.24) is 20.4 Å². The Morgan fingerprint density at radius 1 is 1.30 bits per heavy atom. The Morgan fingerprint density at radius 3 is 2.48 bits per heavy atom. The van der Waals surface area contributed by atoms with Gasteiger partial charge in [0.2, 0.25) is 0 Å². The molecule has 1 aromatic heterocycles. The molecule has 3 amide bonds. The van der Waals surface area contributed by atoms with Crippen molar-refractivity contribution in [2.45, 2.75) is 69.9 Å². The number of carbonyl (C=O) groups excluding carboxylic acids is 2. The molecular formula is C18H32N5O3Si-. The van der Waals surface area contributed by atoms with E-state index in [4.69, 9.17) is 5.11 Å². The number of nitrogens with one attached hydrogen (secondary N) is 3. The quantitative estimate of drug-likeness (QED) is 0.573. The summed E-state index contributed by atoms with van der Waals surface area (Å²) in [7, 11) is -1.98. The molecule has 4 N–H and O–H groups in total. The van der Waals surface area contributed by atoms with Crippen LogP contribution >= 0.6 is 0 Å². The molecule has 152 valence electrons. The molecule has 1 aromatic rings. The first-order valence-electron chi connectivity index (χ1n) is 9.87. The number of aliphatic hydroxyl groups excluding tert-OH is 1. The molecule has 9 heteroatoms. The number of amides is 3. The minimum atomic E-state index is -1.98. The fraction of sp³-hybridized carbons (Fsp3) is 0.722. The van der Waals surface area contributed by atoms with Gasteiger partial charge in [-0.25, -0.2) is 0 Å². The molecule has 1 saturated carbocycles. The van der Waals surface area contributed by atoms with Crippen LogP contribution in [0.3, 0.4) is 0 Å². The summed E-state index contributed by atoms with van der Waals surface area (Å²) in [5.74, 6) is 0.622. The van der Waals surface area contributed by atoms with Crippen LogP contribution in [0, 0.1) is 0 Å². The van der Waals surface area contributed by atoms with E-state index in [1.807, 2.05) is 13.8 Å². The van der Waals surface area contributed by atoms with Gasteiger partial charge in [0.15, 0.2) is 0 Å². The number of anilines is 1. The molecule has 2 heterocycles. The van der Waals surface area contributed by atoms with E-state index in [0.29, 0.717) is 12.4 Å². The Balaban J connectivity index is 1.81. The van der Waals surface area contributed by atoms with Crippen molar-refractivity contribution in [1.29, 1.82) is 0 Å². The molecule has 0 bridgehead atoms. The van der Waals surface area contributed by atoms with Gasteiger partial charge in [-0.1, -0.05) is 0 Å². The molecule has 3 rings (SSSR count). The van der Waals surface area contributed by atoms with Crippen LogP contribution in [0.25, 0.3) is 0 Å². The molecule has 0 atom stereocenters. The molecule has 0 spiro atoms. The molecule has 0 aromatic carbocycles. The summed E-state index contributed by atoms with van der Waals surface area (Å²) in [6.07, 6.45) is 3.02. The van der Waals surface area contributed by atoms with E-state index in [1.54, 1.807) is 4.90 Å². The summed E-state index contributed by atoms with van der Waals surface area (Å²) in [6.45, 7) is 11.2.